The SMILES string of the molecule is CCNCC=C(c1ccccc1)c1ccc(SCCC(C)C)cc1. The molecule has 0 heterocycles. The van der Waals surface area contributed by atoms with E-state index in [1.54, 1.807) is 0 Å². The third kappa shape index (κ3) is 6.18. The van der Waals surface area contributed by atoms with E-state index in [1.807, 2.05) is 11.8 Å². The van der Waals surface area contributed by atoms with Gasteiger partial charge < -0.3 is 5.32 Å². The van der Waals surface area contributed by atoms with E-state index in [0.29, 0.717) is 0 Å². The van der Waals surface area contributed by atoms with Gasteiger partial charge in [0.25, 0.3) is 0 Å². The lowest BCUT2D eigenvalue weighted by Gasteiger charge is -2.11. The van der Waals surface area contributed by atoms with Gasteiger partial charge in [-0.25, -0.2) is 0 Å². The van der Waals surface area contributed by atoms with Gasteiger partial charge in [-0.05, 0) is 53.5 Å². The molecule has 0 radical (unpaired) electrons. The first-order chi connectivity index (χ1) is 11.7. The van der Waals surface area contributed by atoms with Gasteiger partial charge in [0.05, 0.1) is 0 Å². The Hall–Kier alpha value is -1.51. The van der Waals surface area contributed by atoms with Crippen LogP contribution in [0.1, 0.15) is 38.3 Å². The Morgan fingerprint density at radius 2 is 1.67 bits per heavy atom. The fourth-order valence-corrected chi connectivity index (χ4v) is 3.64. The number of nitrogens with one attached hydrogen (secondary N) is 1. The third-order valence-electron chi connectivity index (χ3n) is 3.91. The number of hydrogen-bond acceptors (Lipinski definition) is 2. The Balaban J connectivity index is 2.13. The van der Waals surface area contributed by atoms with Crippen LogP contribution in [-0.2, 0) is 0 Å². The van der Waals surface area contributed by atoms with Crippen molar-refractivity contribution in [1.29, 1.82) is 0 Å². The van der Waals surface area contributed by atoms with E-state index in [0.717, 1.165) is 19.0 Å². The summed E-state index contributed by atoms with van der Waals surface area (Å²) in [5.74, 6) is 1.97. The molecule has 2 rings (SSSR count). The Bertz CT molecular complexity index is 614. The Kier molecular flexibility index (Phi) is 8.14. The first kappa shape index (κ1) is 18.8. The molecule has 128 valence electrons. The summed E-state index contributed by atoms with van der Waals surface area (Å²) in [6.45, 7) is 8.59. The monoisotopic (exact) mass is 339 g/mol. The molecular formula is C22H29NS. The maximum Gasteiger partial charge on any atom is 0.0144 e. The molecule has 2 aromatic carbocycles. The summed E-state index contributed by atoms with van der Waals surface area (Å²) < 4.78 is 0. The van der Waals surface area contributed by atoms with Gasteiger partial charge in [0.15, 0.2) is 0 Å². The largest absolute Gasteiger partial charge is 0.314 e. The molecule has 0 aliphatic carbocycles. The Morgan fingerprint density at radius 3 is 2.29 bits per heavy atom. The van der Waals surface area contributed by atoms with Gasteiger partial charge in [-0.1, -0.05) is 69.3 Å². The molecule has 0 saturated carbocycles. The molecule has 0 saturated heterocycles. The minimum atomic E-state index is 0.774. The molecule has 0 aliphatic rings. The van der Waals surface area contributed by atoms with Gasteiger partial charge in [0.2, 0.25) is 0 Å². The zero-order valence-electron chi connectivity index (χ0n) is 15.1. The summed E-state index contributed by atoms with van der Waals surface area (Å²) in [7, 11) is 0. The summed E-state index contributed by atoms with van der Waals surface area (Å²) >= 11 is 1.95. The smallest absolute Gasteiger partial charge is 0.0144 e. The second kappa shape index (κ2) is 10.4. The van der Waals surface area contributed by atoms with E-state index < -0.39 is 0 Å². The van der Waals surface area contributed by atoms with Gasteiger partial charge >= 0.3 is 0 Å². The van der Waals surface area contributed by atoms with Crippen molar-refractivity contribution in [2.45, 2.75) is 32.1 Å². The molecule has 1 N–H and O–H groups in total. The molecule has 0 aromatic heterocycles. The van der Waals surface area contributed by atoms with Crippen LogP contribution in [0, 0.1) is 5.92 Å². The number of benzene rings is 2. The fraction of sp³-hybridized carbons (Fsp3) is 0.364. The quantitative estimate of drug-likeness (QED) is 0.453. The number of thioether (sulfide) groups is 1. The van der Waals surface area contributed by atoms with Crippen LogP contribution in [0.4, 0.5) is 0 Å². The standard InChI is InChI=1S/C22H29NS/c1-4-23-16-14-22(19-8-6-5-7-9-19)20-10-12-21(13-11-20)24-17-15-18(2)3/h5-14,18,23H,4,15-17H2,1-3H3. The highest BCUT2D eigenvalue weighted by Gasteiger charge is 2.05. The van der Waals surface area contributed by atoms with Crippen LogP contribution < -0.4 is 5.32 Å². The molecule has 0 fully saturated rings. The maximum absolute atomic E-state index is 3.39. The van der Waals surface area contributed by atoms with Crippen LogP contribution in [0.5, 0.6) is 0 Å². The second-order valence-corrected chi connectivity index (χ2v) is 7.52. The number of likely N-dealkylation sites (N-methyl/N-ethyl adjacent to an activating group) is 1. The zero-order chi connectivity index (χ0) is 17.2. The average Bonchev–Trinajstić information content (AvgIpc) is 2.60. The zero-order valence-corrected chi connectivity index (χ0v) is 15.9. The molecule has 2 heteroatoms. The van der Waals surface area contributed by atoms with Crippen LogP contribution >= 0.6 is 11.8 Å². The predicted molar refractivity (Wildman–Crippen MR) is 109 cm³/mol. The van der Waals surface area contributed by atoms with Gasteiger partial charge in [-0.3, -0.25) is 0 Å². The first-order valence-corrected chi connectivity index (χ1v) is 9.88. The van der Waals surface area contributed by atoms with E-state index in [-0.39, 0.29) is 0 Å². The van der Waals surface area contributed by atoms with Gasteiger partial charge in [-0.15, -0.1) is 11.8 Å². The summed E-state index contributed by atoms with van der Waals surface area (Å²) in [5, 5.41) is 3.39. The molecule has 0 amide bonds. The van der Waals surface area contributed by atoms with Crippen LogP contribution in [0.15, 0.2) is 65.6 Å². The lowest BCUT2D eigenvalue weighted by Crippen LogP contribution is -2.12. The Morgan fingerprint density at radius 1 is 1.00 bits per heavy atom. The van der Waals surface area contributed by atoms with E-state index in [9.17, 15) is 0 Å². The second-order valence-electron chi connectivity index (χ2n) is 6.35. The van der Waals surface area contributed by atoms with Crippen molar-refractivity contribution in [2.75, 3.05) is 18.8 Å². The predicted octanol–water partition coefficient (Wildman–Crippen LogP) is 5.87. The van der Waals surface area contributed by atoms with Crippen molar-refractivity contribution in [3.63, 3.8) is 0 Å². The van der Waals surface area contributed by atoms with E-state index in [1.165, 1.54) is 33.8 Å². The highest BCUT2D eigenvalue weighted by Crippen LogP contribution is 2.26. The van der Waals surface area contributed by atoms with Gasteiger partial charge in [0, 0.05) is 11.4 Å². The molecule has 0 bridgehead atoms. The molecule has 24 heavy (non-hydrogen) atoms. The molecule has 2 aromatic rings. The molecule has 0 unspecified atom stereocenters. The summed E-state index contributed by atoms with van der Waals surface area (Å²) in [6, 6.07) is 19.7. The maximum atomic E-state index is 3.39. The van der Waals surface area contributed by atoms with E-state index >= 15 is 0 Å². The van der Waals surface area contributed by atoms with Crippen molar-refractivity contribution < 1.29 is 0 Å². The normalized spacial score (nSPS) is 11.9. The van der Waals surface area contributed by atoms with Crippen LogP contribution in [0.25, 0.3) is 5.57 Å². The summed E-state index contributed by atoms with van der Waals surface area (Å²) in [5.41, 5.74) is 3.86. The topological polar surface area (TPSA) is 12.0 Å². The molecule has 0 atom stereocenters. The van der Waals surface area contributed by atoms with Gasteiger partial charge in [0.1, 0.15) is 0 Å². The Labute approximate surface area is 151 Å². The molecule has 0 aliphatic heterocycles. The highest BCUT2D eigenvalue weighted by atomic mass is 32.2. The van der Waals surface area contributed by atoms with Crippen LogP contribution in [0.2, 0.25) is 0 Å². The van der Waals surface area contributed by atoms with Crippen molar-refractivity contribution in [3.8, 4) is 0 Å². The van der Waals surface area contributed by atoms with Crippen molar-refractivity contribution >= 4 is 17.3 Å². The lowest BCUT2D eigenvalue weighted by atomic mass is 9.97. The van der Waals surface area contributed by atoms with Crippen LogP contribution in [-0.4, -0.2) is 18.8 Å². The first-order valence-electron chi connectivity index (χ1n) is 8.90. The van der Waals surface area contributed by atoms with Crippen molar-refractivity contribution in [3.05, 3.63) is 71.8 Å². The highest BCUT2D eigenvalue weighted by molar-refractivity contribution is 7.99. The van der Waals surface area contributed by atoms with Crippen molar-refractivity contribution in [1.82, 2.24) is 5.32 Å². The molecule has 1 nitrogen and oxygen atoms in total. The molecular weight excluding hydrogens is 310 g/mol. The summed E-state index contributed by atoms with van der Waals surface area (Å²) in [6.07, 6.45) is 3.56. The van der Waals surface area contributed by atoms with Gasteiger partial charge in [-0.2, -0.15) is 0 Å². The minimum absolute atomic E-state index is 0.774. The average molecular weight is 340 g/mol. The number of rotatable bonds is 9. The van der Waals surface area contributed by atoms with Crippen molar-refractivity contribution in [2.24, 2.45) is 5.92 Å². The van der Waals surface area contributed by atoms with E-state index in [2.05, 4.69) is 86.8 Å². The lowest BCUT2D eigenvalue weighted by molar-refractivity contribution is 0.632. The third-order valence-corrected chi connectivity index (χ3v) is 4.96. The van der Waals surface area contributed by atoms with Crippen LogP contribution in [0.3, 0.4) is 0 Å². The minimum Gasteiger partial charge on any atom is -0.314 e. The number of hydrogen-bond donors (Lipinski definition) is 1. The van der Waals surface area contributed by atoms with E-state index in [4.69, 9.17) is 0 Å². The molecule has 0 spiro atoms. The summed E-state index contributed by atoms with van der Waals surface area (Å²) in [4.78, 5) is 1.36. The fourth-order valence-electron chi connectivity index (χ4n) is 2.48.